The fraction of sp³-hybridized carbons (Fsp3) is 0.500. The molecule has 0 bridgehead atoms. The standard InChI is InChI=1S/C12H18N2O4/c1-17-6-2-3-7-18-12-5-4-11(14(15)16)8-10(12)9-13/h4-5,8H,2-3,6-7,9,13H2,1H3. The summed E-state index contributed by atoms with van der Waals surface area (Å²) < 4.78 is 10.5. The van der Waals surface area contributed by atoms with Crippen LogP contribution in [0.5, 0.6) is 5.75 Å². The highest BCUT2D eigenvalue weighted by atomic mass is 16.6. The van der Waals surface area contributed by atoms with E-state index in [2.05, 4.69) is 0 Å². The fourth-order valence-electron chi connectivity index (χ4n) is 1.51. The third-order valence-corrected chi connectivity index (χ3v) is 2.48. The number of hydrogen-bond acceptors (Lipinski definition) is 5. The van der Waals surface area contributed by atoms with Gasteiger partial charge in [0.25, 0.3) is 5.69 Å². The second-order valence-corrected chi connectivity index (χ2v) is 3.80. The van der Waals surface area contributed by atoms with Gasteiger partial charge in [-0.25, -0.2) is 0 Å². The molecule has 0 spiro atoms. The Bertz CT molecular complexity index is 396. The summed E-state index contributed by atoms with van der Waals surface area (Å²) in [5.74, 6) is 0.612. The molecule has 0 heterocycles. The molecule has 0 radical (unpaired) electrons. The van der Waals surface area contributed by atoms with Gasteiger partial charge in [-0.15, -0.1) is 0 Å². The maximum absolute atomic E-state index is 10.6. The highest BCUT2D eigenvalue weighted by Crippen LogP contribution is 2.23. The van der Waals surface area contributed by atoms with Crippen LogP contribution in [0.15, 0.2) is 18.2 Å². The molecule has 0 aliphatic rings. The van der Waals surface area contributed by atoms with Crippen LogP contribution in [0.4, 0.5) is 5.69 Å². The molecule has 0 atom stereocenters. The predicted octanol–water partition coefficient (Wildman–Crippen LogP) is 1.86. The van der Waals surface area contributed by atoms with E-state index in [1.165, 1.54) is 12.1 Å². The first kappa shape index (κ1) is 14.4. The Hall–Kier alpha value is -1.66. The molecular formula is C12H18N2O4. The molecule has 2 N–H and O–H groups in total. The van der Waals surface area contributed by atoms with E-state index in [1.807, 2.05) is 0 Å². The van der Waals surface area contributed by atoms with Crippen LogP contribution in [-0.2, 0) is 11.3 Å². The second kappa shape index (κ2) is 7.62. The Morgan fingerprint density at radius 1 is 1.33 bits per heavy atom. The van der Waals surface area contributed by atoms with Gasteiger partial charge < -0.3 is 15.2 Å². The molecule has 18 heavy (non-hydrogen) atoms. The maximum Gasteiger partial charge on any atom is 0.270 e. The monoisotopic (exact) mass is 254 g/mol. The molecule has 0 saturated heterocycles. The van der Waals surface area contributed by atoms with Crippen molar-refractivity contribution in [2.24, 2.45) is 5.73 Å². The molecule has 0 fully saturated rings. The minimum Gasteiger partial charge on any atom is -0.493 e. The third-order valence-electron chi connectivity index (χ3n) is 2.48. The van der Waals surface area contributed by atoms with Crippen LogP contribution in [-0.4, -0.2) is 25.2 Å². The largest absolute Gasteiger partial charge is 0.493 e. The van der Waals surface area contributed by atoms with Gasteiger partial charge in [-0.2, -0.15) is 0 Å². The summed E-state index contributed by atoms with van der Waals surface area (Å²) in [6.45, 7) is 1.47. The average Bonchev–Trinajstić information content (AvgIpc) is 2.38. The normalized spacial score (nSPS) is 10.3. The van der Waals surface area contributed by atoms with Gasteiger partial charge in [0.1, 0.15) is 5.75 Å². The molecule has 0 aromatic heterocycles. The van der Waals surface area contributed by atoms with E-state index >= 15 is 0 Å². The summed E-state index contributed by atoms with van der Waals surface area (Å²) in [4.78, 5) is 10.2. The Morgan fingerprint density at radius 2 is 2.06 bits per heavy atom. The first-order valence-electron chi connectivity index (χ1n) is 5.78. The number of nitro groups is 1. The molecule has 6 heteroatoms. The van der Waals surface area contributed by atoms with Crippen LogP contribution in [0.3, 0.4) is 0 Å². The average molecular weight is 254 g/mol. The zero-order chi connectivity index (χ0) is 13.4. The van der Waals surface area contributed by atoms with E-state index < -0.39 is 4.92 Å². The number of nitro benzene ring substituents is 1. The number of hydrogen-bond donors (Lipinski definition) is 1. The van der Waals surface area contributed by atoms with E-state index in [-0.39, 0.29) is 12.2 Å². The molecule has 1 aromatic carbocycles. The first-order chi connectivity index (χ1) is 8.69. The van der Waals surface area contributed by atoms with Gasteiger partial charge in [0, 0.05) is 38.0 Å². The quantitative estimate of drug-likeness (QED) is 0.434. The van der Waals surface area contributed by atoms with Gasteiger partial charge >= 0.3 is 0 Å². The highest BCUT2D eigenvalue weighted by Gasteiger charge is 2.10. The van der Waals surface area contributed by atoms with Crippen molar-refractivity contribution in [1.29, 1.82) is 0 Å². The molecule has 0 saturated carbocycles. The van der Waals surface area contributed by atoms with Crippen LogP contribution in [0.2, 0.25) is 0 Å². The van der Waals surface area contributed by atoms with Gasteiger partial charge in [0.15, 0.2) is 0 Å². The van der Waals surface area contributed by atoms with Gasteiger partial charge in [0.2, 0.25) is 0 Å². The number of non-ortho nitro benzene ring substituents is 1. The minimum atomic E-state index is -0.443. The van der Waals surface area contributed by atoms with Crippen LogP contribution in [0, 0.1) is 10.1 Å². The third kappa shape index (κ3) is 4.31. The number of benzene rings is 1. The van der Waals surface area contributed by atoms with Crippen molar-refractivity contribution < 1.29 is 14.4 Å². The van der Waals surface area contributed by atoms with Crippen LogP contribution < -0.4 is 10.5 Å². The van der Waals surface area contributed by atoms with E-state index in [4.69, 9.17) is 15.2 Å². The summed E-state index contributed by atoms with van der Waals surface area (Å²) in [7, 11) is 1.66. The zero-order valence-electron chi connectivity index (χ0n) is 10.4. The van der Waals surface area contributed by atoms with Gasteiger partial charge in [-0.1, -0.05) is 0 Å². The molecule has 0 aliphatic heterocycles. The molecule has 0 amide bonds. The maximum atomic E-state index is 10.6. The Morgan fingerprint density at radius 3 is 2.67 bits per heavy atom. The van der Waals surface area contributed by atoms with Crippen molar-refractivity contribution in [2.45, 2.75) is 19.4 Å². The van der Waals surface area contributed by atoms with Gasteiger partial charge in [0.05, 0.1) is 11.5 Å². The Balaban J connectivity index is 2.57. The molecule has 0 unspecified atom stereocenters. The predicted molar refractivity (Wildman–Crippen MR) is 67.6 cm³/mol. The van der Waals surface area contributed by atoms with Crippen molar-refractivity contribution >= 4 is 5.69 Å². The lowest BCUT2D eigenvalue weighted by molar-refractivity contribution is -0.384. The lowest BCUT2D eigenvalue weighted by Gasteiger charge is -2.10. The number of methoxy groups -OCH3 is 1. The first-order valence-corrected chi connectivity index (χ1v) is 5.78. The molecule has 100 valence electrons. The number of nitrogens with zero attached hydrogens (tertiary/aromatic N) is 1. The van der Waals surface area contributed by atoms with E-state index in [0.717, 1.165) is 12.8 Å². The second-order valence-electron chi connectivity index (χ2n) is 3.80. The van der Waals surface area contributed by atoms with Crippen molar-refractivity contribution in [2.75, 3.05) is 20.3 Å². The molecular weight excluding hydrogens is 236 g/mol. The molecule has 1 rings (SSSR count). The SMILES string of the molecule is COCCCCOc1ccc([N+](=O)[O-])cc1CN. The fourth-order valence-corrected chi connectivity index (χ4v) is 1.51. The van der Waals surface area contributed by atoms with Crippen LogP contribution in [0.25, 0.3) is 0 Å². The van der Waals surface area contributed by atoms with E-state index in [9.17, 15) is 10.1 Å². The van der Waals surface area contributed by atoms with Crippen molar-refractivity contribution in [3.05, 3.63) is 33.9 Å². The Labute approximate surface area is 106 Å². The Kier molecular flexibility index (Phi) is 6.10. The summed E-state index contributed by atoms with van der Waals surface area (Å²) in [5, 5.41) is 10.6. The molecule has 1 aromatic rings. The van der Waals surface area contributed by atoms with Gasteiger partial charge in [-0.05, 0) is 18.9 Å². The number of nitrogens with two attached hydrogens (primary N) is 1. The minimum absolute atomic E-state index is 0.0298. The van der Waals surface area contributed by atoms with Gasteiger partial charge in [-0.3, -0.25) is 10.1 Å². The highest BCUT2D eigenvalue weighted by molar-refractivity contribution is 5.43. The van der Waals surface area contributed by atoms with Crippen LogP contribution in [0.1, 0.15) is 18.4 Å². The molecule has 6 nitrogen and oxygen atoms in total. The van der Waals surface area contributed by atoms with Crippen molar-refractivity contribution in [1.82, 2.24) is 0 Å². The van der Waals surface area contributed by atoms with Crippen LogP contribution >= 0.6 is 0 Å². The zero-order valence-corrected chi connectivity index (χ0v) is 10.4. The topological polar surface area (TPSA) is 87.6 Å². The number of rotatable bonds is 8. The summed E-state index contributed by atoms with van der Waals surface area (Å²) in [6.07, 6.45) is 1.79. The van der Waals surface area contributed by atoms with E-state index in [1.54, 1.807) is 13.2 Å². The van der Waals surface area contributed by atoms with Crippen molar-refractivity contribution in [3.8, 4) is 5.75 Å². The summed E-state index contributed by atoms with van der Waals surface area (Å²) >= 11 is 0. The van der Waals surface area contributed by atoms with Crippen molar-refractivity contribution in [3.63, 3.8) is 0 Å². The number of unbranched alkanes of at least 4 members (excludes halogenated alkanes) is 1. The molecule has 0 aliphatic carbocycles. The summed E-state index contributed by atoms with van der Waals surface area (Å²) in [5.41, 5.74) is 6.23. The lowest BCUT2D eigenvalue weighted by Crippen LogP contribution is -2.05. The number of ether oxygens (including phenoxy) is 2. The van der Waals surface area contributed by atoms with E-state index in [0.29, 0.717) is 24.5 Å². The lowest BCUT2D eigenvalue weighted by atomic mass is 10.2. The smallest absolute Gasteiger partial charge is 0.270 e. The summed E-state index contributed by atoms with van der Waals surface area (Å²) in [6, 6.07) is 4.46.